The van der Waals surface area contributed by atoms with E-state index in [9.17, 15) is 0 Å². The fourth-order valence-corrected chi connectivity index (χ4v) is 3.36. The van der Waals surface area contributed by atoms with Crippen LogP contribution in [0.15, 0.2) is 16.5 Å². The average Bonchev–Trinajstić information content (AvgIpc) is 3.04. The molecule has 0 radical (unpaired) electrons. The molecule has 2 heterocycles. The molecule has 0 aromatic carbocycles. The predicted octanol–water partition coefficient (Wildman–Crippen LogP) is 2.92. The van der Waals surface area contributed by atoms with Gasteiger partial charge in [0.1, 0.15) is 11.5 Å². The normalized spacial score (nSPS) is 27.0. The Morgan fingerprint density at radius 2 is 2.05 bits per heavy atom. The molecular weight excluding hydrogens is 264 g/mol. The SMILES string of the molecule is CC(C)(C)NCc1ccc(CN2CCOC3CCCC32)o1. The van der Waals surface area contributed by atoms with E-state index in [2.05, 4.69) is 43.1 Å². The van der Waals surface area contributed by atoms with Gasteiger partial charge >= 0.3 is 0 Å². The van der Waals surface area contributed by atoms with Crippen LogP contribution < -0.4 is 5.32 Å². The second-order valence-electron chi connectivity index (χ2n) is 7.35. The first-order valence-electron chi connectivity index (χ1n) is 8.19. The van der Waals surface area contributed by atoms with E-state index in [4.69, 9.17) is 9.15 Å². The minimum absolute atomic E-state index is 0.119. The molecule has 4 nitrogen and oxygen atoms in total. The first kappa shape index (κ1) is 15.1. The monoisotopic (exact) mass is 292 g/mol. The second kappa shape index (κ2) is 6.11. The lowest BCUT2D eigenvalue weighted by molar-refractivity contribution is -0.0607. The molecule has 2 unspecified atom stereocenters. The van der Waals surface area contributed by atoms with Gasteiger partial charge in [-0.05, 0) is 52.2 Å². The summed E-state index contributed by atoms with van der Waals surface area (Å²) in [6.45, 7) is 10.1. The van der Waals surface area contributed by atoms with E-state index in [-0.39, 0.29) is 5.54 Å². The van der Waals surface area contributed by atoms with E-state index in [1.54, 1.807) is 0 Å². The van der Waals surface area contributed by atoms with Crippen molar-refractivity contribution >= 4 is 0 Å². The molecule has 0 spiro atoms. The van der Waals surface area contributed by atoms with Gasteiger partial charge < -0.3 is 14.5 Å². The molecule has 4 heteroatoms. The lowest BCUT2D eigenvalue weighted by atomic mass is 10.1. The molecule has 21 heavy (non-hydrogen) atoms. The van der Waals surface area contributed by atoms with Crippen molar-refractivity contribution in [1.82, 2.24) is 10.2 Å². The van der Waals surface area contributed by atoms with Gasteiger partial charge in [0.25, 0.3) is 0 Å². The van der Waals surface area contributed by atoms with Crippen LogP contribution in [-0.4, -0.2) is 35.7 Å². The molecule has 0 amide bonds. The maximum atomic E-state index is 5.99. The lowest BCUT2D eigenvalue weighted by Gasteiger charge is -2.37. The third-order valence-corrected chi connectivity index (χ3v) is 4.47. The summed E-state index contributed by atoms with van der Waals surface area (Å²) in [5.41, 5.74) is 0.119. The van der Waals surface area contributed by atoms with E-state index in [0.717, 1.165) is 37.8 Å². The van der Waals surface area contributed by atoms with E-state index in [1.807, 2.05) is 0 Å². The Morgan fingerprint density at radius 1 is 1.24 bits per heavy atom. The lowest BCUT2D eigenvalue weighted by Crippen LogP contribution is -2.47. The minimum atomic E-state index is 0.119. The zero-order valence-electron chi connectivity index (χ0n) is 13.5. The maximum Gasteiger partial charge on any atom is 0.118 e. The summed E-state index contributed by atoms with van der Waals surface area (Å²) in [5.74, 6) is 2.10. The molecule has 1 N–H and O–H groups in total. The highest BCUT2D eigenvalue weighted by Gasteiger charge is 2.36. The average molecular weight is 292 g/mol. The van der Waals surface area contributed by atoms with Crippen LogP contribution in [0.2, 0.25) is 0 Å². The van der Waals surface area contributed by atoms with Crippen LogP contribution >= 0.6 is 0 Å². The minimum Gasteiger partial charge on any atom is -0.463 e. The zero-order chi connectivity index (χ0) is 14.9. The number of nitrogens with one attached hydrogen (secondary N) is 1. The Labute approximate surface area is 127 Å². The van der Waals surface area contributed by atoms with Crippen molar-refractivity contribution < 1.29 is 9.15 Å². The van der Waals surface area contributed by atoms with E-state index >= 15 is 0 Å². The number of nitrogens with zero attached hydrogens (tertiary/aromatic N) is 1. The third-order valence-electron chi connectivity index (χ3n) is 4.47. The van der Waals surface area contributed by atoms with Crippen molar-refractivity contribution in [2.45, 2.75) is 70.8 Å². The summed E-state index contributed by atoms with van der Waals surface area (Å²) in [6, 6.07) is 4.82. The molecule has 0 bridgehead atoms. The predicted molar refractivity (Wildman–Crippen MR) is 83.1 cm³/mol. The Morgan fingerprint density at radius 3 is 2.86 bits per heavy atom. The summed E-state index contributed by atoms with van der Waals surface area (Å²) in [5, 5.41) is 3.46. The summed E-state index contributed by atoms with van der Waals surface area (Å²) in [4.78, 5) is 2.54. The first-order chi connectivity index (χ1) is 10.0. The van der Waals surface area contributed by atoms with Crippen LogP contribution in [0, 0.1) is 0 Å². The highest BCUT2D eigenvalue weighted by molar-refractivity contribution is 5.08. The van der Waals surface area contributed by atoms with Gasteiger partial charge in [-0.2, -0.15) is 0 Å². The standard InChI is InChI=1S/C17H28N2O2/c1-17(2,3)18-11-13-7-8-14(21-13)12-19-9-10-20-16-6-4-5-15(16)19/h7-8,15-16,18H,4-6,9-12H2,1-3H3. The van der Waals surface area contributed by atoms with Crippen LogP contribution in [0.25, 0.3) is 0 Å². The summed E-state index contributed by atoms with van der Waals surface area (Å²) >= 11 is 0. The van der Waals surface area contributed by atoms with E-state index in [0.29, 0.717) is 12.1 Å². The van der Waals surface area contributed by atoms with Gasteiger partial charge in [-0.1, -0.05) is 0 Å². The van der Waals surface area contributed by atoms with Gasteiger partial charge in [-0.25, -0.2) is 0 Å². The maximum absolute atomic E-state index is 5.99. The summed E-state index contributed by atoms with van der Waals surface area (Å²) in [6.07, 6.45) is 4.24. The van der Waals surface area contributed by atoms with Crippen molar-refractivity contribution in [1.29, 1.82) is 0 Å². The topological polar surface area (TPSA) is 37.6 Å². The second-order valence-corrected chi connectivity index (χ2v) is 7.35. The number of rotatable bonds is 4. The Hall–Kier alpha value is -0.840. The van der Waals surface area contributed by atoms with Crippen LogP contribution in [0.5, 0.6) is 0 Å². The van der Waals surface area contributed by atoms with Crippen molar-refractivity contribution in [3.63, 3.8) is 0 Å². The molecule has 1 aromatic rings. The van der Waals surface area contributed by atoms with Crippen LogP contribution in [0.4, 0.5) is 0 Å². The number of morpholine rings is 1. The van der Waals surface area contributed by atoms with Gasteiger partial charge in [0.2, 0.25) is 0 Å². The summed E-state index contributed by atoms with van der Waals surface area (Å²) < 4.78 is 11.9. The molecule has 2 fully saturated rings. The van der Waals surface area contributed by atoms with Crippen LogP contribution in [0.3, 0.4) is 0 Å². The highest BCUT2D eigenvalue weighted by atomic mass is 16.5. The van der Waals surface area contributed by atoms with Crippen LogP contribution in [0.1, 0.15) is 51.6 Å². The van der Waals surface area contributed by atoms with E-state index < -0.39 is 0 Å². The quantitative estimate of drug-likeness (QED) is 0.926. The molecular formula is C17H28N2O2. The fourth-order valence-electron chi connectivity index (χ4n) is 3.36. The molecule has 2 aliphatic rings. The van der Waals surface area contributed by atoms with Gasteiger partial charge in [-0.15, -0.1) is 0 Å². The van der Waals surface area contributed by atoms with Crippen molar-refractivity contribution in [2.24, 2.45) is 0 Å². The first-order valence-corrected chi connectivity index (χ1v) is 8.19. The van der Waals surface area contributed by atoms with Crippen molar-refractivity contribution in [3.05, 3.63) is 23.7 Å². The van der Waals surface area contributed by atoms with Gasteiger partial charge in [0.05, 0.1) is 25.8 Å². The molecule has 1 aliphatic carbocycles. The van der Waals surface area contributed by atoms with Gasteiger partial charge in [0, 0.05) is 18.1 Å². The molecule has 1 saturated heterocycles. The number of furan rings is 1. The van der Waals surface area contributed by atoms with Crippen molar-refractivity contribution in [3.8, 4) is 0 Å². The molecule has 2 atom stereocenters. The smallest absolute Gasteiger partial charge is 0.118 e. The Bertz CT molecular complexity index is 464. The van der Waals surface area contributed by atoms with Crippen molar-refractivity contribution in [2.75, 3.05) is 13.2 Å². The number of ether oxygens (including phenoxy) is 1. The highest BCUT2D eigenvalue weighted by Crippen LogP contribution is 2.30. The van der Waals surface area contributed by atoms with Gasteiger partial charge in [0.15, 0.2) is 0 Å². The summed E-state index contributed by atoms with van der Waals surface area (Å²) in [7, 11) is 0. The molecule has 1 aromatic heterocycles. The van der Waals surface area contributed by atoms with Gasteiger partial charge in [-0.3, -0.25) is 4.90 Å². The third kappa shape index (κ3) is 3.87. The zero-order valence-corrected chi connectivity index (χ0v) is 13.5. The largest absolute Gasteiger partial charge is 0.463 e. The molecule has 1 aliphatic heterocycles. The molecule has 118 valence electrons. The van der Waals surface area contributed by atoms with E-state index in [1.165, 1.54) is 19.3 Å². The molecule has 3 rings (SSSR count). The molecule has 1 saturated carbocycles. The fraction of sp³-hybridized carbons (Fsp3) is 0.765. The Kier molecular flexibility index (Phi) is 4.38. The number of hydrogen-bond acceptors (Lipinski definition) is 4. The van der Waals surface area contributed by atoms with Crippen LogP contribution in [-0.2, 0) is 17.8 Å². The Balaban J connectivity index is 1.56. The number of fused-ring (bicyclic) bond motifs is 1. The number of hydrogen-bond donors (Lipinski definition) is 1.